The van der Waals surface area contributed by atoms with Crippen LogP contribution in [0.1, 0.15) is 41.6 Å². The Kier molecular flexibility index (Phi) is 11.4. The van der Waals surface area contributed by atoms with Crippen LogP contribution in [0.2, 0.25) is 18.6 Å². The summed E-state index contributed by atoms with van der Waals surface area (Å²) in [6.07, 6.45) is 2.97. The minimum atomic E-state index is -2.43. The van der Waals surface area contributed by atoms with Crippen molar-refractivity contribution in [1.82, 2.24) is 15.0 Å². The SMILES string of the molecule is COc1ccc([Si](C)(C)[C@H]2[C@H](CCn3cc(C(CO)c4ccccc4)nn3)O[C@@]3(C(=O)N(Cc4cccc(N(C=O)c5ccccc5)c4)c4ccc(OC)cc43)[C@@H]2C)cc1. The lowest BCUT2D eigenvalue weighted by atomic mass is 9.82. The molecular formula is C48H51N5O6Si. The fourth-order valence-corrected chi connectivity index (χ4v) is 13.6. The molecule has 3 heterocycles. The summed E-state index contributed by atoms with van der Waals surface area (Å²) >= 11 is 0. The number of anilines is 3. The molecule has 1 saturated heterocycles. The number of benzene rings is 5. The van der Waals surface area contributed by atoms with Gasteiger partial charge in [-0.15, -0.1) is 5.10 Å². The summed E-state index contributed by atoms with van der Waals surface area (Å²) in [6.45, 7) is 7.59. The van der Waals surface area contributed by atoms with Gasteiger partial charge in [-0.25, -0.2) is 0 Å². The Morgan fingerprint density at radius 2 is 1.57 bits per heavy atom. The number of amides is 2. The van der Waals surface area contributed by atoms with Gasteiger partial charge >= 0.3 is 0 Å². The van der Waals surface area contributed by atoms with Crippen molar-refractivity contribution >= 4 is 42.6 Å². The van der Waals surface area contributed by atoms with Crippen molar-refractivity contribution < 1.29 is 28.9 Å². The normalized spacial score (nSPS) is 20.3. The first-order chi connectivity index (χ1) is 29.1. The lowest BCUT2D eigenvalue weighted by molar-refractivity contribution is -0.146. The van der Waals surface area contributed by atoms with Gasteiger partial charge in [0.15, 0.2) is 5.60 Å². The molecular weight excluding hydrogens is 771 g/mol. The van der Waals surface area contributed by atoms with E-state index in [2.05, 4.69) is 42.5 Å². The highest BCUT2D eigenvalue weighted by Crippen LogP contribution is 2.60. The molecule has 2 aliphatic heterocycles. The molecule has 0 aliphatic carbocycles. The lowest BCUT2D eigenvalue weighted by Gasteiger charge is -2.37. The van der Waals surface area contributed by atoms with Crippen molar-refractivity contribution in [2.45, 2.75) is 62.7 Å². The molecule has 6 aromatic rings. The monoisotopic (exact) mass is 821 g/mol. The van der Waals surface area contributed by atoms with Gasteiger partial charge in [-0.05, 0) is 77.7 Å². The fraction of sp³-hybridized carbons (Fsp3) is 0.292. The highest BCUT2D eigenvalue weighted by molar-refractivity contribution is 6.91. The second-order valence-corrected chi connectivity index (χ2v) is 20.9. The van der Waals surface area contributed by atoms with Crippen LogP contribution in [-0.4, -0.2) is 67.4 Å². The van der Waals surface area contributed by atoms with E-state index in [0.717, 1.165) is 40.2 Å². The number of hydrogen-bond acceptors (Lipinski definition) is 8. The quantitative estimate of drug-likeness (QED) is 0.0833. The van der Waals surface area contributed by atoms with Crippen molar-refractivity contribution in [1.29, 1.82) is 0 Å². The number of aromatic nitrogens is 3. The Morgan fingerprint density at radius 1 is 0.883 bits per heavy atom. The number of ether oxygens (including phenoxy) is 3. The summed E-state index contributed by atoms with van der Waals surface area (Å²) in [6, 6.07) is 41.2. The van der Waals surface area contributed by atoms with Crippen molar-refractivity contribution in [2.24, 2.45) is 5.92 Å². The van der Waals surface area contributed by atoms with E-state index in [9.17, 15) is 9.90 Å². The van der Waals surface area contributed by atoms with Gasteiger partial charge < -0.3 is 24.2 Å². The molecule has 60 heavy (non-hydrogen) atoms. The molecule has 5 aromatic carbocycles. The first-order valence-corrected chi connectivity index (χ1v) is 23.5. The van der Waals surface area contributed by atoms with Crippen molar-refractivity contribution in [3.8, 4) is 11.5 Å². The van der Waals surface area contributed by atoms with Crippen LogP contribution in [0.25, 0.3) is 0 Å². The summed E-state index contributed by atoms with van der Waals surface area (Å²) in [7, 11) is 0.877. The highest BCUT2D eigenvalue weighted by Gasteiger charge is 2.66. The van der Waals surface area contributed by atoms with E-state index in [4.69, 9.17) is 14.2 Å². The zero-order valence-electron chi connectivity index (χ0n) is 34.6. The Bertz CT molecular complexity index is 2450. The maximum absolute atomic E-state index is 15.5. The highest BCUT2D eigenvalue weighted by atomic mass is 28.3. The molecule has 0 bridgehead atoms. The number of nitrogens with zero attached hydrogens (tertiary/aromatic N) is 5. The average molecular weight is 822 g/mol. The molecule has 12 heteroatoms. The Balaban J connectivity index is 1.16. The van der Waals surface area contributed by atoms with Gasteiger partial charge in [0.25, 0.3) is 5.91 Å². The Morgan fingerprint density at radius 3 is 2.25 bits per heavy atom. The Labute approximate surface area is 352 Å². The number of para-hydroxylation sites is 1. The van der Waals surface area contributed by atoms with Gasteiger partial charge in [0, 0.05) is 35.6 Å². The number of hydrogen-bond donors (Lipinski definition) is 1. The van der Waals surface area contributed by atoms with E-state index in [1.165, 1.54) is 5.19 Å². The number of fused-ring (bicyclic) bond motifs is 2. The van der Waals surface area contributed by atoms with Gasteiger partial charge in [-0.3, -0.25) is 19.2 Å². The molecule has 1 aromatic heterocycles. The predicted octanol–water partition coefficient (Wildman–Crippen LogP) is 7.57. The first kappa shape index (κ1) is 40.7. The predicted molar refractivity (Wildman–Crippen MR) is 235 cm³/mol. The molecule has 0 radical (unpaired) electrons. The van der Waals surface area contributed by atoms with E-state index in [0.29, 0.717) is 30.1 Å². The summed E-state index contributed by atoms with van der Waals surface area (Å²) in [5.74, 6) is 0.783. The lowest BCUT2D eigenvalue weighted by Crippen LogP contribution is -2.51. The number of rotatable bonds is 15. The van der Waals surface area contributed by atoms with Crippen LogP contribution >= 0.6 is 0 Å². The molecule has 2 amide bonds. The first-order valence-electron chi connectivity index (χ1n) is 20.4. The molecule has 308 valence electrons. The van der Waals surface area contributed by atoms with Crippen LogP contribution in [0.15, 0.2) is 134 Å². The standard InChI is InChI=1S/C48H51N5O6Si/c1-33-46(60(4,5)40-22-19-38(57-2)20-23-40)45(25-26-51-30-43(49-50-51)41(31-54)35-14-8-6-9-15-35)59-48(33)42-28-39(58-3)21-24-44(42)52(47(48)56)29-34-13-12-18-37(27-34)53(32-55)36-16-10-7-11-17-36/h6-24,27-28,30,32-33,41,45-46,54H,25-26,29,31H2,1-5H3/t33-,41?,45+,46-,48+/m1/s1. The van der Waals surface area contributed by atoms with Crippen LogP contribution in [0.3, 0.4) is 0 Å². The minimum absolute atomic E-state index is 0.00157. The zero-order chi connectivity index (χ0) is 42.0. The van der Waals surface area contributed by atoms with Crippen LogP contribution in [0, 0.1) is 5.92 Å². The number of methoxy groups -OCH3 is 2. The number of aliphatic hydroxyl groups is 1. The van der Waals surface area contributed by atoms with E-state index in [-0.39, 0.29) is 42.5 Å². The van der Waals surface area contributed by atoms with Crippen LogP contribution < -0.4 is 24.5 Å². The van der Waals surface area contributed by atoms with E-state index >= 15 is 4.79 Å². The van der Waals surface area contributed by atoms with Gasteiger partial charge in [0.05, 0.1) is 58.8 Å². The fourth-order valence-electron chi connectivity index (χ4n) is 9.59. The average Bonchev–Trinajstić information content (AvgIpc) is 3.94. The third-order valence-corrected chi connectivity index (χ3v) is 17.0. The third-order valence-electron chi connectivity index (χ3n) is 12.7. The molecule has 1 N–H and O–H groups in total. The van der Waals surface area contributed by atoms with Gasteiger partial charge in [-0.1, -0.05) is 103 Å². The summed E-state index contributed by atoms with van der Waals surface area (Å²) < 4.78 is 20.5. The number of aryl methyl sites for hydroxylation is 1. The smallest absolute Gasteiger partial charge is 0.264 e. The zero-order valence-corrected chi connectivity index (χ0v) is 35.6. The third kappa shape index (κ3) is 7.29. The number of carbonyl (C=O) groups is 2. The van der Waals surface area contributed by atoms with Crippen molar-refractivity contribution in [3.05, 3.63) is 156 Å². The number of aliphatic hydroxyl groups excluding tert-OH is 1. The summed E-state index contributed by atoms with van der Waals surface area (Å²) in [4.78, 5) is 31.3. The second-order valence-electron chi connectivity index (χ2n) is 16.3. The van der Waals surface area contributed by atoms with E-state index < -0.39 is 13.7 Å². The maximum Gasteiger partial charge on any atom is 0.264 e. The van der Waals surface area contributed by atoms with Gasteiger partial charge in [0.2, 0.25) is 6.41 Å². The largest absolute Gasteiger partial charge is 0.497 e. The molecule has 2 aliphatic rings. The maximum atomic E-state index is 15.5. The van der Waals surface area contributed by atoms with Crippen LogP contribution in [0.5, 0.6) is 11.5 Å². The number of carbonyl (C=O) groups excluding carboxylic acids is 2. The summed E-state index contributed by atoms with van der Waals surface area (Å²) in [5, 5.41) is 20.6. The van der Waals surface area contributed by atoms with E-state index in [1.54, 1.807) is 19.1 Å². The molecule has 0 saturated carbocycles. The molecule has 11 nitrogen and oxygen atoms in total. The Hall–Kier alpha value is -6.08. The molecule has 1 spiro atoms. The molecule has 5 atom stereocenters. The van der Waals surface area contributed by atoms with Crippen molar-refractivity contribution in [2.75, 3.05) is 30.6 Å². The molecule has 8 rings (SSSR count). The molecule has 1 fully saturated rings. The van der Waals surface area contributed by atoms with Crippen molar-refractivity contribution in [3.63, 3.8) is 0 Å². The van der Waals surface area contributed by atoms with Crippen LogP contribution in [-0.2, 0) is 33.0 Å². The second kappa shape index (κ2) is 16.9. The van der Waals surface area contributed by atoms with Crippen LogP contribution in [0.4, 0.5) is 17.1 Å². The van der Waals surface area contributed by atoms with Gasteiger partial charge in [0.1, 0.15) is 11.5 Å². The summed E-state index contributed by atoms with van der Waals surface area (Å²) in [5.41, 5.74) is 4.25. The van der Waals surface area contributed by atoms with Gasteiger partial charge in [-0.2, -0.15) is 0 Å². The topological polar surface area (TPSA) is 119 Å². The minimum Gasteiger partial charge on any atom is -0.497 e. The van der Waals surface area contributed by atoms with E-state index in [1.807, 2.05) is 131 Å². The molecule has 1 unspecified atom stereocenters.